The molecule has 2 aromatic carbocycles. The molecule has 2 rings (SSSR count). The summed E-state index contributed by atoms with van der Waals surface area (Å²) in [7, 11) is 0. The molecule has 3 nitrogen and oxygen atoms in total. The van der Waals surface area contributed by atoms with E-state index in [0.29, 0.717) is 16.7 Å². The Bertz CT molecular complexity index is 676. The summed E-state index contributed by atoms with van der Waals surface area (Å²) in [6, 6.07) is 15.2. The molecular formula is C19H21BrClNO2. The number of rotatable bonds is 7. The van der Waals surface area contributed by atoms with Gasteiger partial charge in [0.05, 0.1) is 10.5 Å². The number of amides is 1. The van der Waals surface area contributed by atoms with Gasteiger partial charge in [-0.25, -0.2) is 0 Å². The highest BCUT2D eigenvalue weighted by Gasteiger charge is 2.16. The Balaban J connectivity index is 1.97. The smallest absolute Gasteiger partial charge is 0.258 e. The van der Waals surface area contributed by atoms with Gasteiger partial charge in [-0.1, -0.05) is 55.8 Å². The topological polar surface area (TPSA) is 38.3 Å². The normalized spacial score (nSPS) is 12.0. The van der Waals surface area contributed by atoms with E-state index in [1.807, 2.05) is 30.3 Å². The van der Waals surface area contributed by atoms with E-state index in [9.17, 15) is 4.79 Å². The molecule has 0 bridgehead atoms. The number of hydrogen-bond acceptors (Lipinski definition) is 2. The Morgan fingerprint density at radius 3 is 2.54 bits per heavy atom. The van der Waals surface area contributed by atoms with Crippen molar-refractivity contribution >= 4 is 33.4 Å². The van der Waals surface area contributed by atoms with Crippen molar-refractivity contribution in [1.82, 2.24) is 5.32 Å². The summed E-state index contributed by atoms with van der Waals surface area (Å²) in [5.74, 6) is 0.919. The highest BCUT2D eigenvalue weighted by molar-refractivity contribution is 9.10. The summed E-state index contributed by atoms with van der Waals surface area (Å²) in [6.07, 6.45) is 0.875. The van der Waals surface area contributed by atoms with E-state index in [1.54, 1.807) is 18.2 Å². The molecule has 0 saturated carbocycles. The number of nitrogens with one attached hydrogen (secondary N) is 1. The molecule has 0 spiro atoms. The van der Waals surface area contributed by atoms with Gasteiger partial charge in [-0.2, -0.15) is 0 Å². The van der Waals surface area contributed by atoms with Gasteiger partial charge in [0.15, 0.2) is 6.61 Å². The number of halogens is 2. The van der Waals surface area contributed by atoms with Gasteiger partial charge >= 0.3 is 0 Å². The van der Waals surface area contributed by atoms with E-state index in [-0.39, 0.29) is 18.6 Å². The van der Waals surface area contributed by atoms with Crippen LogP contribution in [0.5, 0.6) is 5.75 Å². The van der Waals surface area contributed by atoms with E-state index < -0.39 is 0 Å². The lowest BCUT2D eigenvalue weighted by Crippen LogP contribution is -2.33. The van der Waals surface area contributed by atoms with E-state index in [2.05, 4.69) is 35.1 Å². The van der Waals surface area contributed by atoms with E-state index in [1.165, 1.54) is 0 Å². The first kappa shape index (κ1) is 18.8. The van der Waals surface area contributed by atoms with Crippen LogP contribution in [0.15, 0.2) is 53.0 Å². The first-order valence-electron chi connectivity index (χ1n) is 7.88. The summed E-state index contributed by atoms with van der Waals surface area (Å²) in [5.41, 5.74) is 1.10. The molecule has 128 valence electrons. The van der Waals surface area contributed by atoms with Crippen molar-refractivity contribution in [3.05, 3.63) is 63.6 Å². The maximum atomic E-state index is 12.3. The van der Waals surface area contributed by atoms with Gasteiger partial charge in [-0.15, -0.1) is 0 Å². The van der Waals surface area contributed by atoms with Crippen LogP contribution in [0, 0.1) is 5.92 Å². The summed E-state index contributed by atoms with van der Waals surface area (Å²) in [5, 5.41) is 3.67. The Labute approximate surface area is 156 Å². The zero-order valence-electron chi connectivity index (χ0n) is 13.8. The van der Waals surface area contributed by atoms with Crippen molar-refractivity contribution in [2.24, 2.45) is 5.92 Å². The third-order valence-corrected chi connectivity index (χ3v) is 4.35. The SMILES string of the molecule is CC(C)C[C@@H](NC(=O)COc1ccc(Cl)cc1Br)c1ccccc1. The fourth-order valence-corrected chi connectivity index (χ4v) is 3.20. The lowest BCUT2D eigenvalue weighted by Gasteiger charge is -2.21. The summed E-state index contributed by atoms with van der Waals surface area (Å²) in [6.45, 7) is 4.24. The molecule has 5 heteroatoms. The van der Waals surface area contributed by atoms with Crippen molar-refractivity contribution in [2.45, 2.75) is 26.3 Å². The molecule has 1 amide bonds. The average molecular weight is 411 g/mol. The first-order valence-corrected chi connectivity index (χ1v) is 9.05. The minimum Gasteiger partial charge on any atom is -0.483 e. The third-order valence-electron chi connectivity index (χ3n) is 3.50. The number of carbonyl (C=O) groups is 1. The van der Waals surface area contributed by atoms with Crippen molar-refractivity contribution in [3.63, 3.8) is 0 Å². The molecule has 0 aliphatic heterocycles. The van der Waals surface area contributed by atoms with Crippen LogP contribution in [0.3, 0.4) is 0 Å². The molecule has 0 unspecified atom stereocenters. The van der Waals surface area contributed by atoms with Gasteiger partial charge in [-0.3, -0.25) is 4.79 Å². The molecule has 24 heavy (non-hydrogen) atoms. The largest absolute Gasteiger partial charge is 0.483 e. The zero-order valence-corrected chi connectivity index (χ0v) is 16.1. The second-order valence-electron chi connectivity index (χ2n) is 6.02. The quantitative estimate of drug-likeness (QED) is 0.665. The Hall–Kier alpha value is -1.52. The van der Waals surface area contributed by atoms with Gasteiger partial charge in [-0.05, 0) is 52.0 Å². The van der Waals surface area contributed by atoms with Gasteiger partial charge in [0.1, 0.15) is 5.75 Å². The lowest BCUT2D eigenvalue weighted by atomic mass is 9.97. The highest BCUT2D eigenvalue weighted by atomic mass is 79.9. The fourth-order valence-electron chi connectivity index (χ4n) is 2.41. The highest BCUT2D eigenvalue weighted by Crippen LogP contribution is 2.28. The van der Waals surface area contributed by atoms with Crippen LogP contribution in [-0.2, 0) is 4.79 Å². The molecule has 1 atom stereocenters. The number of ether oxygens (including phenoxy) is 1. The van der Waals surface area contributed by atoms with Crippen LogP contribution in [0.1, 0.15) is 31.9 Å². The van der Waals surface area contributed by atoms with Crippen LogP contribution in [0.2, 0.25) is 5.02 Å². The molecule has 0 saturated heterocycles. The van der Waals surface area contributed by atoms with E-state index in [0.717, 1.165) is 16.5 Å². The minimum absolute atomic E-state index is 0.0176. The van der Waals surface area contributed by atoms with Crippen molar-refractivity contribution in [2.75, 3.05) is 6.61 Å². The Kier molecular flexibility index (Phi) is 7.13. The van der Waals surface area contributed by atoms with Gasteiger partial charge < -0.3 is 10.1 Å². The fraction of sp³-hybridized carbons (Fsp3) is 0.316. The molecular weight excluding hydrogens is 390 g/mol. The maximum Gasteiger partial charge on any atom is 0.258 e. The first-order chi connectivity index (χ1) is 11.5. The third kappa shape index (κ3) is 5.84. The maximum absolute atomic E-state index is 12.3. The second kappa shape index (κ2) is 9.09. The molecule has 0 radical (unpaired) electrons. The molecule has 0 aliphatic carbocycles. The van der Waals surface area contributed by atoms with Crippen LogP contribution < -0.4 is 10.1 Å². The number of carbonyl (C=O) groups excluding carboxylic acids is 1. The van der Waals surface area contributed by atoms with Crippen LogP contribution in [0.4, 0.5) is 0 Å². The summed E-state index contributed by atoms with van der Waals surface area (Å²) < 4.78 is 6.30. The van der Waals surface area contributed by atoms with Crippen molar-refractivity contribution in [1.29, 1.82) is 0 Å². The van der Waals surface area contributed by atoms with Crippen LogP contribution in [0.25, 0.3) is 0 Å². The number of benzene rings is 2. The lowest BCUT2D eigenvalue weighted by molar-refractivity contribution is -0.124. The van der Waals surface area contributed by atoms with Gasteiger partial charge in [0, 0.05) is 5.02 Å². The average Bonchev–Trinajstić information content (AvgIpc) is 2.54. The molecule has 0 fully saturated rings. The van der Waals surface area contributed by atoms with Crippen molar-refractivity contribution < 1.29 is 9.53 Å². The predicted octanol–water partition coefficient (Wildman–Crippen LogP) is 5.38. The molecule has 2 aromatic rings. The minimum atomic E-state index is -0.147. The summed E-state index contributed by atoms with van der Waals surface area (Å²) >= 11 is 9.28. The number of hydrogen-bond donors (Lipinski definition) is 1. The Morgan fingerprint density at radius 1 is 1.21 bits per heavy atom. The van der Waals surface area contributed by atoms with E-state index >= 15 is 0 Å². The Morgan fingerprint density at radius 2 is 1.92 bits per heavy atom. The molecule has 0 aromatic heterocycles. The van der Waals surface area contributed by atoms with Crippen LogP contribution in [-0.4, -0.2) is 12.5 Å². The van der Waals surface area contributed by atoms with Gasteiger partial charge in [0.2, 0.25) is 0 Å². The van der Waals surface area contributed by atoms with Crippen molar-refractivity contribution in [3.8, 4) is 5.75 Å². The van der Waals surface area contributed by atoms with Crippen LogP contribution >= 0.6 is 27.5 Å². The van der Waals surface area contributed by atoms with E-state index in [4.69, 9.17) is 16.3 Å². The molecule has 1 N–H and O–H groups in total. The zero-order chi connectivity index (χ0) is 17.5. The standard InChI is InChI=1S/C19H21BrClNO2/c1-13(2)10-17(14-6-4-3-5-7-14)22-19(23)12-24-18-9-8-15(21)11-16(18)20/h3-9,11,13,17H,10,12H2,1-2H3,(H,22,23)/t17-/m1/s1. The molecule has 0 heterocycles. The molecule has 0 aliphatic rings. The second-order valence-corrected chi connectivity index (χ2v) is 7.31. The monoisotopic (exact) mass is 409 g/mol. The predicted molar refractivity (Wildman–Crippen MR) is 101 cm³/mol. The summed E-state index contributed by atoms with van der Waals surface area (Å²) in [4.78, 5) is 12.3. The van der Waals surface area contributed by atoms with Gasteiger partial charge in [0.25, 0.3) is 5.91 Å².